The molecule has 0 amide bonds. The van der Waals surface area contributed by atoms with E-state index in [2.05, 4.69) is 31.9 Å². The first-order valence-electron chi connectivity index (χ1n) is 4.70. The Morgan fingerprint density at radius 3 is 1.75 bits per heavy atom. The summed E-state index contributed by atoms with van der Waals surface area (Å²) in [6.45, 7) is 0. The molecule has 0 aromatic rings. The second-order valence-corrected chi connectivity index (χ2v) is 8.05. The first-order valence-corrected chi connectivity index (χ1v) is 6.29. The van der Waals surface area contributed by atoms with Crippen molar-refractivity contribution in [1.29, 1.82) is 0 Å². The van der Waals surface area contributed by atoms with Gasteiger partial charge in [0.25, 0.3) is 0 Å². The number of hydrogen-bond acceptors (Lipinski definition) is 1. The van der Waals surface area contributed by atoms with Gasteiger partial charge in [-0.25, -0.2) is 0 Å². The van der Waals surface area contributed by atoms with Crippen LogP contribution in [0.1, 0.15) is 0 Å². The van der Waals surface area contributed by atoms with Crippen LogP contribution in [-0.2, 0) is 0 Å². The lowest BCUT2D eigenvalue weighted by molar-refractivity contribution is -0.337. The molecule has 3 heteroatoms. The molecule has 0 aliphatic heterocycles. The molecule has 0 radical (unpaired) electrons. The van der Waals surface area contributed by atoms with Gasteiger partial charge in [-0.05, 0) is 35.5 Å². The molecular formula is C9H8Br2O. The van der Waals surface area contributed by atoms with Crippen molar-refractivity contribution < 1.29 is 5.11 Å². The maximum absolute atomic E-state index is 10.0. The minimum absolute atomic E-state index is 0.0214. The summed E-state index contributed by atoms with van der Waals surface area (Å²) in [6, 6.07) is 0. The molecular weight excluding hydrogens is 284 g/mol. The van der Waals surface area contributed by atoms with Gasteiger partial charge in [-0.1, -0.05) is 31.9 Å². The lowest BCUT2D eigenvalue weighted by atomic mass is 9.20. The molecule has 0 aromatic heterocycles. The standard InChI is InChI=1S/C9H8Br2O/c10-8-2-1-3(8)5-6(8)4(2)9(5,11)7(1)12/h1-7,12H. The number of aliphatic hydroxyl groups excluding tert-OH is 1. The molecule has 6 aliphatic carbocycles. The van der Waals surface area contributed by atoms with Crippen LogP contribution < -0.4 is 0 Å². The van der Waals surface area contributed by atoms with Crippen molar-refractivity contribution in [3.63, 3.8) is 0 Å². The summed E-state index contributed by atoms with van der Waals surface area (Å²) in [7, 11) is 0. The molecule has 1 nitrogen and oxygen atoms in total. The first-order chi connectivity index (χ1) is 5.64. The zero-order valence-electron chi connectivity index (χ0n) is 6.24. The molecule has 0 heterocycles. The minimum Gasteiger partial charge on any atom is -0.391 e. The molecule has 5 atom stereocenters. The van der Waals surface area contributed by atoms with Gasteiger partial charge in [0.05, 0.1) is 10.4 Å². The van der Waals surface area contributed by atoms with Crippen LogP contribution in [0, 0.1) is 35.5 Å². The van der Waals surface area contributed by atoms with Gasteiger partial charge in [-0.2, -0.15) is 0 Å². The Hall–Kier alpha value is 0.920. The van der Waals surface area contributed by atoms with Crippen molar-refractivity contribution in [3.8, 4) is 0 Å². The SMILES string of the molecule is OC1C2C3C4C5C(C2C35Br)C14Br. The van der Waals surface area contributed by atoms with E-state index in [9.17, 15) is 5.11 Å². The predicted octanol–water partition coefficient (Wildman–Crippen LogP) is 1.38. The van der Waals surface area contributed by atoms with Crippen molar-refractivity contribution in [2.45, 2.75) is 14.8 Å². The average molecular weight is 292 g/mol. The van der Waals surface area contributed by atoms with Gasteiger partial charge < -0.3 is 5.11 Å². The third-order valence-corrected chi connectivity index (χ3v) is 8.86. The van der Waals surface area contributed by atoms with E-state index in [-0.39, 0.29) is 10.4 Å². The molecule has 0 aromatic carbocycles. The zero-order chi connectivity index (χ0) is 8.04. The topological polar surface area (TPSA) is 20.2 Å². The van der Waals surface area contributed by atoms with E-state index in [4.69, 9.17) is 0 Å². The lowest BCUT2D eigenvalue weighted by Crippen LogP contribution is -2.93. The van der Waals surface area contributed by atoms with Crippen LogP contribution in [-0.4, -0.2) is 19.9 Å². The number of aliphatic hydroxyl groups is 1. The van der Waals surface area contributed by atoms with Gasteiger partial charge in [0.15, 0.2) is 0 Å². The van der Waals surface area contributed by atoms with Crippen LogP contribution in [0.25, 0.3) is 0 Å². The van der Waals surface area contributed by atoms with Crippen molar-refractivity contribution in [3.05, 3.63) is 0 Å². The molecule has 6 aliphatic rings. The predicted molar refractivity (Wildman–Crippen MR) is 50.3 cm³/mol. The largest absolute Gasteiger partial charge is 0.391 e. The fraction of sp³-hybridized carbons (Fsp3) is 1.00. The molecule has 0 saturated heterocycles. The molecule has 1 N–H and O–H groups in total. The van der Waals surface area contributed by atoms with E-state index < -0.39 is 0 Å². The molecule has 0 spiro atoms. The number of alkyl halides is 2. The van der Waals surface area contributed by atoms with Gasteiger partial charge in [0, 0.05) is 4.32 Å². The van der Waals surface area contributed by atoms with Crippen molar-refractivity contribution in [2.75, 3.05) is 0 Å². The van der Waals surface area contributed by atoms with Gasteiger partial charge in [0.1, 0.15) is 0 Å². The van der Waals surface area contributed by atoms with Crippen molar-refractivity contribution >= 4 is 31.9 Å². The number of hydrogen-bond donors (Lipinski definition) is 1. The Morgan fingerprint density at radius 2 is 1.33 bits per heavy atom. The van der Waals surface area contributed by atoms with Crippen LogP contribution in [0.3, 0.4) is 0 Å². The van der Waals surface area contributed by atoms with E-state index in [1.807, 2.05) is 0 Å². The summed E-state index contributed by atoms with van der Waals surface area (Å²) in [4.78, 5) is 0. The molecule has 6 saturated carbocycles. The van der Waals surface area contributed by atoms with E-state index >= 15 is 0 Å². The maximum atomic E-state index is 10.0. The normalized spacial score (nSPS) is 95.8. The van der Waals surface area contributed by atoms with E-state index in [0.29, 0.717) is 10.2 Å². The monoisotopic (exact) mass is 290 g/mol. The van der Waals surface area contributed by atoms with Crippen LogP contribution in [0.4, 0.5) is 0 Å². The van der Waals surface area contributed by atoms with Crippen molar-refractivity contribution in [1.82, 2.24) is 0 Å². The summed E-state index contributed by atoms with van der Waals surface area (Å²) < 4.78 is 0.717. The molecule has 2 bridgehead atoms. The first kappa shape index (κ1) is 6.41. The second-order valence-electron chi connectivity index (χ2n) is 5.31. The van der Waals surface area contributed by atoms with Gasteiger partial charge in [-0.15, -0.1) is 0 Å². The maximum Gasteiger partial charge on any atom is 0.0733 e. The van der Waals surface area contributed by atoms with Crippen molar-refractivity contribution in [2.24, 2.45) is 35.5 Å². The smallest absolute Gasteiger partial charge is 0.0733 e. The second kappa shape index (κ2) is 1.24. The highest BCUT2D eigenvalue weighted by atomic mass is 79.9. The third-order valence-electron chi connectivity index (χ3n) is 5.75. The van der Waals surface area contributed by atoms with Crippen LogP contribution in [0.5, 0.6) is 0 Å². The highest BCUT2D eigenvalue weighted by molar-refractivity contribution is 9.10. The molecule has 64 valence electrons. The van der Waals surface area contributed by atoms with E-state index in [1.165, 1.54) is 0 Å². The van der Waals surface area contributed by atoms with Gasteiger partial charge in [0.2, 0.25) is 0 Å². The molecule has 5 unspecified atom stereocenters. The van der Waals surface area contributed by atoms with E-state index in [1.54, 1.807) is 0 Å². The Bertz CT molecular complexity index is 315. The summed E-state index contributed by atoms with van der Waals surface area (Å²) in [6.07, 6.45) is -0.0214. The highest BCUT2D eigenvalue weighted by Crippen LogP contribution is 3.00. The molecule has 6 fully saturated rings. The Morgan fingerprint density at radius 1 is 0.833 bits per heavy atom. The summed E-state index contributed by atoms with van der Waals surface area (Å²) in [5.74, 6) is 4.89. The number of halogens is 2. The lowest BCUT2D eigenvalue weighted by Gasteiger charge is -2.90. The zero-order valence-corrected chi connectivity index (χ0v) is 9.42. The quantitative estimate of drug-likeness (QED) is 0.669. The summed E-state index contributed by atoms with van der Waals surface area (Å²) >= 11 is 7.70. The van der Waals surface area contributed by atoms with Crippen LogP contribution in [0.2, 0.25) is 0 Å². The molecule has 12 heavy (non-hydrogen) atoms. The Labute approximate surface area is 87.2 Å². The van der Waals surface area contributed by atoms with Gasteiger partial charge in [-0.3, -0.25) is 0 Å². The van der Waals surface area contributed by atoms with E-state index in [0.717, 1.165) is 29.6 Å². The summed E-state index contributed by atoms with van der Waals surface area (Å²) in [5.41, 5.74) is 0. The highest BCUT2D eigenvalue weighted by Gasteiger charge is 3.04. The number of rotatable bonds is 0. The third kappa shape index (κ3) is 0.255. The van der Waals surface area contributed by atoms with Crippen LogP contribution >= 0.6 is 31.9 Å². The fourth-order valence-corrected chi connectivity index (χ4v) is 8.85. The Balaban J connectivity index is 1.84. The van der Waals surface area contributed by atoms with Gasteiger partial charge >= 0.3 is 0 Å². The summed E-state index contributed by atoms with van der Waals surface area (Å²) in [5, 5.41) is 10.0. The average Bonchev–Trinajstić information content (AvgIpc) is 2.21. The fourth-order valence-electron chi connectivity index (χ4n) is 5.66. The molecule has 6 rings (SSSR count). The Kier molecular flexibility index (Phi) is 0.660. The minimum atomic E-state index is -0.0214. The van der Waals surface area contributed by atoms with Crippen LogP contribution in [0.15, 0.2) is 0 Å².